The summed E-state index contributed by atoms with van der Waals surface area (Å²) < 4.78 is 0. The van der Waals surface area contributed by atoms with E-state index in [2.05, 4.69) is 6.07 Å². The predicted octanol–water partition coefficient (Wildman–Crippen LogP) is 1.67. The Labute approximate surface area is 84.7 Å². The quantitative estimate of drug-likeness (QED) is 0.786. The monoisotopic (exact) mass is 189 g/mol. The molecule has 1 aromatic rings. The van der Waals surface area contributed by atoms with Crippen molar-refractivity contribution in [3.63, 3.8) is 0 Å². The van der Waals surface area contributed by atoms with Crippen LogP contribution in [-0.4, -0.2) is 14.1 Å². The minimum absolute atomic E-state index is 0.170. The molecule has 0 heterocycles. The molecule has 0 amide bonds. The molecule has 0 saturated heterocycles. The van der Waals surface area contributed by atoms with E-state index in [0.717, 1.165) is 11.3 Å². The van der Waals surface area contributed by atoms with Crippen molar-refractivity contribution in [3.8, 4) is 6.07 Å². The summed E-state index contributed by atoms with van der Waals surface area (Å²) in [7, 11) is 3.98. The van der Waals surface area contributed by atoms with Gasteiger partial charge in [0.2, 0.25) is 0 Å². The van der Waals surface area contributed by atoms with E-state index < -0.39 is 0 Å². The van der Waals surface area contributed by atoms with Gasteiger partial charge in [-0.25, -0.2) is 0 Å². The van der Waals surface area contributed by atoms with Crippen LogP contribution < -0.4 is 10.6 Å². The maximum Gasteiger partial charge on any atom is 0.0641 e. The molecule has 0 radical (unpaired) electrons. The van der Waals surface area contributed by atoms with Crippen LogP contribution in [-0.2, 0) is 0 Å². The Bertz CT molecular complexity index is 321. The highest BCUT2D eigenvalue weighted by atomic mass is 15.1. The summed E-state index contributed by atoms with van der Waals surface area (Å²) in [6.07, 6.45) is 0.362. The summed E-state index contributed by atoms with van der Waals surface area (Å²) in [5.74, 6) is 0. The first-order valence-corrected chi connectivity index (χ1v) is 4.55. The normalized spacial score (nSPS) is 11.9. The number of anilines is 1. The van der Waals surface area contributed by atoms with Crippen LogP contribution in [0.25, 0.3) is 0 Å². The molecule has 14 heavy (non-hydrogen) atoms. The average Bonchev–Trinajstić information content (AvgIpc) is 2.18. The fourth-order valence-corrected chi connectivity index (χ4v) is 1.24. The third-order valence-electron chi connectivity index (χ3n) is 2.15. The van der Waals surface area contributed by atoms with Crippen LogP contribution in [0.15, 0.2) is 24.3 Å². The zero-order chi connectivity index (χ0) is 10.6. The lowest BCUT2D eigenvalue weighted by molar-refractivity contribution is 0.748. The standard InChI is InChI=1S/C11H15N3/c1-14(2)10-5-3-9(4-6-10)11(13)7-8-12/h3-6,11H,7,13H2,1-2H3/t11-/m0/s1. The van der Waals surface area contributed by atoms with Gasteiger partial charge in [-0.05, 0) is 17.7 Å². The third-order valence-corrected chi connectivity index (χ3v) is 2.15. The number of hydrogen-bond acceptors (Lipinski definition) is 3. The third kappa shape index (κ3) is 2.48. The van der Waals surface area contributed by atoms with Gasteiger partial charge in [0, 0.05) is 25.8 Å². The van der Waals surface area contributed by atoms with E-state index in [4.69, 9.17) is 11.0 Å². The second-order valence-corrected chi connectivity index (χ2v) is 3.45. The molecule has 0 spiro atoms. The van der Waals surface area contributed by atoms with Crippen LogP contribution in [0.2, 0.25) is 0 Å². The SMILES string of the molecule is CN(C)c1ccc([C@@H](N)CC#N)cc1. The topological polar surface area (TPSA) is 53.0 Å². The average molecular weight is 189 g/mol. The molecule has 74 valence electrons. The number of hydrogen-bond donors (Lipinski definition) is 1. The number of nitriles is 1. The van der Waals surface area contributed by atoms with Crippen molar-refractivity contribution >= 4 is 5.69 Å². The molecular formula is C11H15N3. The number of nitrogens with two attached hydrogens (primary N) is 1. The Morgan fingerprint density at radius 1 is 1.36 bits per heavy atom. The van der Waals surface area contributed by atoms with E-state index in [1.165, 1.54) is 0 Å². The summed E-state index contributed by atoms with van der Waals surface area (Å²) in [4.78, 5) is 2.03. The Kier molecular flexibility index (Phi) is 3.49. The lowest BCUT2D eigenvalue weighted by atomic mass is 10.1. The Morgan fingerprint density at radius 2 is 1.93 bits per heavy atom. The zero-order valence-corrected chi connectivity index (χ0v) is 8.57. The zero-order valence-electron chi connectivity index (χ0n) is 8.57. The van der Waals surface area contributed by atoms with E-state index >= 15 is 0 Å². The minimum Gasteiger partial charge on any atom is -0.378 e. The van der Waals surface area contributed by atoms with Crippen molar-refractivity contribution in [1.29, 1.82) is 5.26 Å². The van der Waals surface area contributed by atoms with Gasteiger partial charge < -0.3 is 10.6 Å². The molecule has 0 aliphatic rings. The molecule has 0 aliphatic heterocycles. The summed E-state index contributed by atoms with van der Waals surface area (Å²) >= 11 is 0. The fraction of sp³-hybridized carbons (Fsp3) is 0.364. The summed E-state index contributed by atoms with van der Waals surface area (Å²) in [5.41, 5.74) is 7.94. The molecule has 0 aliphatic carbocycles. The van der Waals surface area contributed by atoms with Gasteiger partial charge in [0.1, 0.15) is 0 Å². The smallest absolute Gasteiger partial charge is 0.0641 e. The van der Waals surface area contributed by atoms with Gasteiger partial charge in [-0.1, -0.05) is 12.1 Å². The number of nitrogens with zero attached hydrogens (tertiary/aromatic N) is 2. The summed E-state index contributed by atoms with van der Waals surface area (Å²) in [6, 6.07) is 9.85. The molecule has 0 saturated carbocycles. The lowest BCUT2D eigenvalue weighted by Crippen LogP contribution is -2.11. The van der Waals surface area contributed by atoms with E-state index in [-0.39, 0.29) is 6.04 Å². The molecule has 1 rings (SSSR count). The molecule has 0 unspecified atom stereocenters. The molecule has 2 N–H and O–H groups in total. The molecule has 0 aromatic heterocycles. The van der Waals surface area contributed by atoms with Crippen molar-refractivity contribution in [3.05, 3.63) is 29.8 Å². The highest BCUT2D eigenvalue weighted by Gasteiger charge is 2.04. The highest BCUT2D eigenvalue weighted by Crippen LogP contribution is 2.17. The van der Waals surface area contributed by atoms with E-state index in [0.29, 0.717) is 6.42 Å². The fourth-order valence-electron chi connectivity index (χ4n) is 1.24. The maximum absolute atomic E-state index is 8.50. The number of rotatable bonds is 3. The van der Waals surface area contributed by atoms with E-state index in [1.807, 2.05) is 43.3 Å². The Balaban J connectivity index is 2.78. The first-order chi connectivity index (χ1) is 6.65. The van der Waals surface area contributed by atoms with Crippen molar-refractivity contribution in [2.45, 2.75) is 12.5 Å². The van der Waals surface area contributed by atoms with Crippen LogP contribution in [0.1, 0.15) is 18.0 Å². The van der Waals surface area contributed by atoms with Crippen LogP contribution in [0.3, 0.4) is 0 Å². The molecule has 3 heteroatoms. The molecule has 0 bridgehead atoms. The first kappa shape index (κ1) is 10.6. The van der Waals surface area contributed by atoms with Gasteiger partial charge >= 0.3 is 0 Å². The predicted molar refractivity (Wildman–Crippen MR) is 57.9 cm³/mol. The van der Waals surface area contributed by atoms with Gasteiger partial charge in [-0.15, -0.1) is 0 Å². The summed E-state index contributed by atoms with van der Waals surface area (Å²) in [6.45, 7) is 0. The van der Waals surface area contributed by atoms with Crippen molar-refractivity contribution < 1.29 is 0 Å². The second-order valence-electron chi connectivity index (χ2n) is 3.45. The minimum atomic E-state index is -0.170. The molecule has 3 nitrogen and oxygen atoms in total. The van der Waals surface area contributed by atoms with Crippen LogP contribution >= 0.6 is 0 Å². The maximum atomic E-state index is 8.50. The Morgan fingerprint density at radius 3 is 2.36 bits per heavy atom. The van der Waals surface area contributed by atoms with Crippen LogP contribution in [0, 0.1) is 11.3 Å². The van der Waals surface area contributed by atoms with E-state index in [9.17, 15) is 0 Å². The lowest BCUT2D eigenvalue weighted by Gasteiger charge is -2.14. The number of benzene rings is 1. The Hall–Kier alpha value is -1.53. The van der Waals surface area contributed by atoms with Gasteiger partial charge in [0.25, 0.3) is 0 Å². The second kappa shape index (κ2) is 4.64. The van der Waals surface area contributed by atoms with Crippen LogP contribution in [0.4, 0.5) is 5.69 Å². The molecule has 0 fully saturated rings. The van der Waals surface area contributed by atoms with Crippen molar-refractivity contribution in [2.75, 3.05) is 19.0 Å². The largest absolute Gasteiger partial charge is 0.378 e. The van der Waals surface area contributed by atoms with Gasteiger partial charge in [0.15, 0.2) is 0 Å². The van der Waals surface area contributed by atoms with Gasteiger partial charge in [0.05, 0.1) is 12.5 Å². The first-order valence-electron chi connectivity index (χ1n) is 4.55. The van der Waals surface area contributed by atoms with Crippen LogP contribution in [0.5, 0.6) is 0 Å². The van der Waals surface area contributed by atoms with Gasteiger partial charge in [-0.2, -0.15) is 5.26 Å². The summed E-state index contributed by atoms with van der Waals surface area (Å²) in [5, 5.41) is 8.50. The van der Waals surface area contributed by atoms with Crippen molar-refractivity contribution in [1.82, 2.24) is 0 Å². The highest BCUT2D eigenvalue weighted by molar-refractivity contribution is 5.46. The van der Waals surface area contributed by atoms with Gasteiger partial charge in [-0.3, -0.25) is 0 Å². The van der Waals surface area contributed by atoms with Crippen molar-refractivity contribution in [2.24, 2.45) is 5.73 Å². The molecule has 1 atom stereocenters. The van der Waals surface area contributed by atoms with E-state index in [1.54, 1.807) is 0 Å². The molecule has 1 aromatic carbocycles. The molecular weight excluding hydrogens is 174 g/mol.